The van der Waals surface area contributed by atoms with E-state index in [-0.39, 0.29) is 17.6 Å². The Bertz CT molecular complexity index is 769. The van der Waals surface area contributed by atoms with Gasteiger partial charge in [0, 0.05) is 16.9 Å². The number of aromatic hydroxyl groups is 1. The van der Waals surface area contributed by atoms with Gasteiger partial charge in [-0.3, -0.25) is 9.69 Å². The van der Waals surface area contributed by atoms with E-state index < -0.39 is 0 Å². The van der Waals surface area contributed by atoms with Crippen LogP contribution in [-0.4, -0.2) is 35.2 Å². The number of hydrogen-bond acceptors (Lipinski definition) is 4. The molecule has 1 heterocycles. The molecule has 0 spiro atoms. The Labute approximate surface area is 161 Å². The molecule has 0 aromatic heterocycles. The number of amides is 1. The van der Waals surface area contributed by atoms with Gasteiger partial charge in [-0.25, -0.2) is 5.43 Å². The highest BCUT2D eigenvalue weighted by Gasteiger charge is 2.24. The zero-order valence-corrected chi connectivity index (χ0v) is 16.0. The number of halogens is 1. The van der Waals surface area contributed by atoms with Crippen LogP contribution in [0.15, 0.2) is 58.1 Å². The Hall–Kier alpha value is -2.18. The highest BCUT2D eigenvalue weighted by molar-refractivity contribution is 9.10. The molecule has 6 heteroatoms. The number of phenolic OH excluding ortho intramolecular Hbond substituents is 1. The van der Waals surface area contributed by atoms with Crippen molar-refractivity contribution in [1.29, 1.82) is 0 Å². The van der Waals surface area contributed by atoms with Crippen LogP contribution in [0.5, 0.6) is 5.75 Å². The molecule has 2 aromatic carbocycles. The maximum Gasteiger partial charge on any atom is 0.243 e. The van der Waals surface area contributed by atoms with Crippen LogP contribution in [0.2, 0.25) is 0 Å². The van der Waals surface area contributed by atoms with E-state index in [0.717, 1.165) is 42.5 Å². The van der Waals surface area contributed by atoms with Crippen molar-refractivity contribution in [1.82, 2.24) is 10.3 Å². The van der Waals surface area contributed by atoms with Crippen molar-refractivity contribution in [3.05, 3.63) is 64.1 Å². The van der Waals surface area contributed by atoms with Crippen molar-refractivity contribution >= 4 is 28.1 Å². The van der Waals surface area contributed by atoms with E-state index in [9.17, 15) is 9.90 Å². The van der Waals surface area contributed by atoms with Crippen molar-refractivity contribution in [3.63, 3.8) is 0 Å². The molecule has 1 amide bonds. The quantitative estimate of drug-likeness (QED) is 0.579. The van der Waals surface area contributed by atoms with E-state index >= 15 is 0 Å². The van der Waals surface area contributed by atoms with Gasteiger partial charge in [-0.05, 0) is 61.3 Å². The number of hydrazone groups is 1. The molecule has 0 unspecified atom stereocenters. The largest absolute Gasteiger partial charge is 0.508 e. The first-order valence-corrected chi connectivity index (χ1v) is 9.48. The number of nitrogens with one attached hydrogen (secondary N) is 1. The van der Waals surface area contributed by atoms with Crippen molar-refractivity contribution in [2.24, 2.45) is 11.0 Å². The lowest BCUT2D eigenvalue weighted by Gasteiger charge is -2.30. The molecule has 2 N–H and O–H groups in total. The van der Waals surface area contributed by atoms with Crippen molar-refractivity contribution in [3.8, 4) is 5.75 Å². The predicted molar refractivity (Wildman–Crippen MR) is 106 cm³/mol. The fourth-order valence-electron chi connectivity index (χ4n) is 3.07. The first kappa shape index (κ1) is 18.6. The first-order chi connectivity index (χ1) is 12.6. The molecule has 0 atom stereocenters. The molecule has 5 nitrogen and oxygen atoms in total. The van der Waals surface area contributed by atoms with Crippen molar-refractivity contribution < 1.29 is 9.90 Å². The van der Waals surface area contributed by atoms with Gasteiger partial charge in [-0.1, -0.05) is 40.2 Å². The van der Waals surface area contributed by atoms with Gasteiger partial charge in [0.25, 0.3) is 0 Å². The van der Waals surface area contributed by atoms with E-state index in [1.165, 1.54) is 5.56 Å². The molecule has 0 bridgehead atoms. The van der Waals surface area contributed by atoms with Gasteiger partial charge in [0.1, 0.15) is 5.75 Å². The summed E-state index contributed by atoms with van der Waals surface area (Å²) < 4.78 is 1.09. The van der Waals surface area contributed by atoms with E-state index in [1.807, 2.05) is 6.07 Å². The van der Waals surface area contributed by atoms with Gasteiger partial charge >= 0.3 is 0 Å². The Morgan fingerprint density at radius 3 is 2.65 bits per heavy atom. The van der Waals surface area contributed by atoms with Crippen LogP contribution in [0.25, 0.3) is 0 Å². The number of phenols is 1. The van der Waals surface area contributed by atoms with Gasteiger partial charge in [-0.15, -0.1) is 0 Å². The zero-order valence-electron chi connectivity index (χ0n) is 14.4. The number of benzene rings is 2. The number of likely N-dealkylation sites (tertiary alicyclic amines) is 1. The van der Waals surface area contributed by atoms with Gasteiger partial charge < -0.3 is 5.11 Å². The molecule has 0 radical (unpaired) electrons. The number of carbonyl (C=O) groups excluding carboxylic acids is 1. The van der Waals surface area contributed by atoms with Gasteiger partial charge in [0.15, 0.2) is 0 Å². The van der Waals surface area contributed by atoms with Crippen molar-refractivity contribution in [2.45, 2.75) is 19.4 Å². The van der Waals surface area contributed by atoms with Crippen LogP contribution in [0.4, 0.5) is 0 Å². The van der Waals surface area contributed by atoms with Crippen LogP contribution in [0.1, 0.15) is 24.0 Å². The summed E-state index contributed by atoms with van der Waals surface area (Å²) in [5.74, 6) is 0.139. The lowest BCUT2D eigenvalue weighted by atomic mass is 9.96. The summed E-state index contributed by atoms with van der Waals surface area (Å²) in [5.41, 5.74) is 4.65. The number of carbonyl (C=O) groups is 1. The predicted octanol–water partition coefficient (Wildman–Crippen LogP) is 3.52. The number of nitrogens with zero attached hydrogens (tertiary/aromatic N) is 2. The summed E-state index contributed by atoms with van der Waals surface area (Å²) in [7, 11) is 0. The second kappa shape index (κ2) is 8.96. The standard InChI is InChI=1S/C20H22BrN3O2/c21-18-6-4-15(5-7-18)14-24-10-8-17(9-11-24)20(26)23-22-13-16-2-1-3-19(25)12-16/h1-7,12-13,17,25H,8-11,14H2,(H,23,26)/b22-13-. The minimum Gasteiger partial charge on any atom is -0.508 e. The van der Waals surface area contributed by atoms with E-state index in [0.29, 0.717) is 0 Å². The Kier molecular flexibility index (Phi) is 6.41. The fraction of sp³-hybridized carbons (Fsp3) is 0.300. The summed E-state index contributed by atoms with van der Waals surface area (Å²) in [6.07, 6.45) is 3.22. The second-order valence-corrected chi connectivity index (χ2v) is 7.42. The average molecular weight is 416 g/mol. The molecule has 3 rings (SSSR count). The SMILES string of the molecule is O=C(N/N=C\c1cccc(O)c1)C1CCN(Cc2ccc(Br)cc2)CC1. The highest BCUT2D eigenvalue weighted by Crippen LogP contribution is 2.20. The smallest absolute Gasteiger partial charge is 0.243 e. The van der Waals surface area contributed by atoms with Crippen LogP contribution in [-0.2, 0) is 11.3 Å². The first-order valence-electron chi connectivity index (χ1n) is 8.69. The molecule has 1 saturated heterocycles. The minimum absolute atomic E-state index is 0.00232. The maximum absolute atomic E-state index is 12.3. The van der Waals surface area contributed by atoms with Gasteiger partial charge in [0.2, 0.25) is 5.91 Å². The lowest BCUT2D eigenvalue weighted by Crippen LogP contribution is -2.39. The molecule has 0 aliphatic carbocycles. The Balaban J connectivity index is 1.43. The second-order valence-electron chi connectivity index (χ2n) is 6.51. The number of piperidine rings is 1. The molecular formula is C20H22BrN3O2. The highest BCUT2D eigenvalue weighted by atomic mass is 79.9. The van der Waals surface area contributed by atoms with E-state index in [4.69, 9.17) is 0 Å². The van der Waals surface area contributed by atoms with Gasteiger partial charge in [0.05, 0.1) is 6.21 Å². The summed E-state index contributed by atoms with van der Waals surface area (Å²) in [5, 5.41) is 13.4. The number of hydrogen-bond donors (Lipinski definition) is 2. The normalized spacial score (nSPS) is 16.0. The lowest BCUT2D eigenvalue weighted by molar-refractivity contribution is -0.126. The maximum atomic E-state index is 12.3. The molecule has 2 aromatic rings. The van der Waals surface area contributed by atoms with E-state index in [2.05, 4.69) is 55.6 Å². The molecule has 0 saturated carbocycles. The topological polar surface area (TPSA) is 64.9 Å². The third-order valence-electron chi connectivity index (χ3n) is 4.54. The Morgan fingerprint density at radius 2 is 1.96 bits per heavy atom. The van der Waals surface area contributed by atoms with Crippen LogP contribution in [0.3, 0.4) is 0 Å². The summed E-state index contributed by atoms with van der Waals surface area (Å²) in [6, 6.07) is 15.1. The summed E-state index contributed by atoms with van der Waals surface area (Å²) in [6.45, 7) is 2.73. The van der Waals surface area contributed by atoms with Crippen LogP contribution >= 0.6 is 15.9 Å². The molecule has 1 fully saturated rings. The van der Waals surface area contributed by atoms with Crippen LogP contribution < -0.4 is 5.43 Å². The molecular weight excluding hydrogens is 394 g/mol. The van der Waals surface area contributed by atoms with Gasteiger partial charge in [-0.2, -0.15) is 5.10 Å². The Morgan fingerprint density at radius 1 is 1.23 bits per heavy atom. The molecule has 1 aliphatic heterocycles. The third-order valence-corrected chi connectivity index (χ3v) is 5.07. The van der Waals surface area contributed by atoms with Crippen molar-refractivity contribution in [2.75, 3.05) is 13.1 Å². The number of rotatable bonds is 5. The molecule has 136 valence electrons. The zero-order chi connectivity index (χ0) is 18.4. The fourth-order valence-corrected chi connectivity index (χ4v) is 3.33. The van der Waals surface area contributed by atoms with E-state index in [1.54, 1.807) is 24.4 Å². The monoisotopic (exact) mass is 415 g/mol. The minimum atomic E-state index is -0.0373. The molecule has 26 heavy (non-hydrogen) atoms. The average Bonchev–Trinajstić information content (AvgIpc) is 2.64. The summed E-state index contributed by atoms with van der Waals surface area (Å²) >= 11 is 3.45. The van der Waals surface area contributed by atoms with Crippen LogP contribution in [0, 0.1) is 5.92 Å². The summed E-state index contributed by atoms with van der Waals surface area (Å²) in [4.78, 5) is 14.6. The third kappa shape index (κ3) is 5.41. The molecule has 1 aliphatic rings.